The van der Waals surface area contributed by atoms with Gasteiger partial charge in [-0.3, -0.25) is 9.20 Å². The molecule has 116 valence electrons. The molecule has 0 saturated carbocycles. The van der Waals surface area contributed by atoms with E-state index in [2.05, 4.69) is 15.1 Å². The second-order valence-electron chi connectivity index (χ2n) is 5.04. The summed E-state index contributed by atoms with van der Waals surface area (Å²) >= 11 is 1.27. The molecule has 2 heterocycles. The van der Waals surface area contributed by atoms with E-state index in [0.717, 1.165) is 0 Å². The van der Waals surface area contributed by atoms with Gasteiger partial charge in [0, 0.05) is 18.1 Å². The molecule has 0 aliphatic rings. The van der Waals surface area contributed by atoms with Crippen LogP contribution >= 0.6 is 11.3 Å². The van der Waals surface area contributed by atoms with Crippen molar-refractivity contribution in [3.63, 3.8) is 0 Å². The molecule has 2 aromatic heterocycles. The van der Waals surface area contributed by atoms with E-state index in [1.165, 1.54) is 15.7 Å². The molecule has 1 amide bonds. The number of carbonyl (C=O) groups is 1. The van der Waals surface area contributed by atoms with Crippen LogP contribution in [0.4, 0.5) is 5.82 Å². The van der Waals surface area contributed by atoms with E-state index >= 15 is 0 Å². The summed E-state index contributed by atoms with van der Waals surface area (Å²) in [5, 5.41) is 1.59. The Morgan fingerprint density at radius 1 is 1.52 bits per heavy atom. The zero-order chi connectivity index (χ0) is 15.8. The molecule has 2 aromatic rings. The summed E-state index contributed by atoms with van der Waals surface area (Å²) in [7, 11) is -3.92. The van der Waals surface area contributed by atoms with Crippen molar-refractivity contribution in [2.45, 2.75) is 18.9 Å². The van der Waals surface area contributed by atoms with Crippen LogP contribution in [0, 0.1) is 5.41 Å². The highest BCUT2D eigenvalue weighted by molar-refractivity contribution is 7.89. The maximum Gasteiger partial charge on any atom is 0.260 e. The van der Waals surface area contributed by atoms with Gasteiger partial charge < -0.3 is 11.2 Å². The zero-order valence-electron chi connectivity index (χ0n) is 11.5. The number of rotatable bonds is 6. The molecule has 0 radical (unpaired) electrons. The number of nitrogens with zero attached hydrogens (tertiary/aromatic N) is 2. The van der Waals surface area contributed by atoms with Crippen molar-refractivity contribution in [1.82, 2.24) is 14.1 Å². The Bertz CT molecular complexity index is 776. The smallest absolute Gasteiger partial charge is 0.260 e. The van der Waals surface area contributed by atoms with Gasteiger partial charge in [-0.2, -0.15) is 4.98 Å². The number of thiazole rings is 1. The van der Waals surface area contributed by atoms with E-state index in [1.807, 2.05) is 0 Å². The Hall–Kier alpha value is -1.69. The number of primary amides is 1. The van der Waals surface area contributed by atoms with Crippen LogP contribution in [0.2, 0.25) is 0 Å². The fourth-order valence-corrected chi connectivity index (χ4v) is 3.77. The molecule has 9 nitrogen and oxygen atoms in total. The van der Waals surface area contributed by atoms with Crippen molar-refractivity contribution in [1.29, 1.82) is 0 Å². The van der Waals surface area contributed by atoms with Gasteiger partial charge in [-0.15, -0.1) is 11.3 Å². The number of nitrogens with one attached hydrogen (secondary N) is 2. The molecule has 0 aliphatic carbocycles. The fourth-order valence-electron chi connectivity index (χ4n) is 1.55. The third kappa shape index (κ3) is 2.85. The monoisotopic (exact) mass is 332 g/mol. The molecular formula is C10H16N6O3S2. The van der Waals surface area contributed by atoms with Crippen LogP contribution in [0.15, 0.2) is 16.6 Å². The second kappa shape index (κ2) is 5.26. The van der Waals surface area contributed by atoms with Crippen LogP contribution in [-0.4, -0.2) is 30.3 Å². The lowest BCUT2D eigenvalue weighted by atomic mass is 9.93. The number of carbonyl (C=O) groups excluding carboxylic acids is 1. The molecule has 0 fully saturated rings. The number of hydrazine groups is 1. The number of nitrogens with two attached hydrogens (primary N) is 2. The first-order valence-electron chi connectivity index (χ1n) is 5.91. The first-order valence-corrected chi connectivity index (χ1v) is 8.27. The molecule has 0 unspecified atom stereocenters. The lowest BCUT2D eigenvalue weighted by molar-refractivity contribution is -0.125. The van der Waals surface area contributed by atoms with Crippen LogP contribution in [0.25, 0.3) is 4.96 Å². The highest BCUT2D eigenvalue weighted by Gasteiger charge is 2.31. The quantitative estimate of drug-likeness (QED) is 0.413. The van der Waals surface area contributed by atoms with Gasteiger partial charge in [0.25, 0.3) is 10.0 Å². The maximum absolute atomic E-state index is 12.4. The molecular weight excluding hydrogens is 316 g/mol. The van der Waals surface area contributed by atoms with E-state index in [1.54, 1.807) is 25.4 Å². The molecule has 0 aliphatic heterocycles. The standard InChI is InChI=1S/C10H16N6O3S2/c1-10(2,8(11)17)5-13-21(18,19)7-6(15-12)14-9-16(7)3-4-20-9/h3-4,13,15H,5,12H2,1-2H3,(H2,11,17). The molecule has 2 rings (SSSR count). The highest BCUT2D eigenvalue weighted by atomic mass is 32.2. The molecule has 0 aromatic carbocycles. The molecule has 0 atom stereocenters. The van der Waals surface area contributed by atoms with E-state index < -0.39 is 21.3 Å². The van der Waals surface area contributed by atoms with E-state index in [4.69, 9.17) is 11.6 Å². The SMILES string of the molecule is CC(C)(CNS(=O)(=O)c1c(NN)nc2sccn12)C(N)=O. The zero-order valence-corrected chi connectivity index (χ0v) is 13.1. The van der Waals surface area contributed by atoms with Gasteiger partial charge in [0.05, 0.1) is 5.41 Å². The summed E-state index contributed by atoms with van der Waals surface area (Å²) < 4.78 is 28.6. The minimum atomic E-state index is -3.92. The summed E-state index contributed by atoms with van der Waals surface area (Å²) in [4.78, 5) is 15.8. The van der Waals surface area contributed by atoms with E-state index in [-0.39, 0.29) is 17.4 Å². The maximum atomic E-state index is 12.4. The topological polar surface area (TPSA) is 145 Å². The summed E-state index contributed by atoms with van der Waals surface area (Å²) in [5.41, 5.74) is 6.48. The van der Waals surface area contributed by atoms with E-state index in [0.29, 0.717) is 4.96 Å². The summed E-state index contributed by atoms with van der Waals surface area (Å²) in [6, 6.07) is 0. The normalized spacial score (nSPS) is 12.7. The third-order valence-electron chi connectivity index (χ3n) is 2.98. The van der Waals surface area contributed by atoms with Gasteiger partial charge >= 0.3 is 0 Å². The van der Waals surface area contributed by atoms with Gasteiger partial charge in [-0.05, 0) is 13.8 Å². The average Bonchev–Trinajstić information content (AvgIpc) is 2.95. The summed E-state index contributed by atoms with van der Waals surface area (Å²) in [5.74, 6) is 4.75. The van der Waals surface area contributed by atoms with Crippen molar-refractivity contribution in [3.05, 3.63) is 11.6 Å². The predicted octanol–water partition coefficient (Wildman–Crippen LogP) is -0.529. The second-order valence-corrected chi connectivity index (χ2v) is 7.59. The molecule has 0 spiro atoms. The Morgan fingerprint density at radius 3 is 2.76 bits per heavy atom. The van der Waals surface area contributed by atoms with Crippen LogP contribution in [0.5, 0.6) is 0 Å². The van der Waals surface area contributed by atoms with Crippen molar-refractivity contribution in [2.75, 3.05) is 12.0 Å². The number of anilines is 1. The lowest BCUT2D eigenvalue weighted by Crippen LogP contribution is -2.42. The van der Waals surface area contributed by atoms with E-state index in [9.17, 15) is 13.2 Å². The molecule has 11 heteroatoms. The number of hydrogen-bond acceptors (Lipinski definition) is 7. The Balaban J connectivity index is 2.38. The molecule has 21 heavy (non-hydrogen) atoms. The largest absolute Gasteiger partial charge is 0.369 e. The van der Waals surface area contributed by atoms with Gasteiger partial charge in [0.15, 0.2) is 10.8 Å². The minimum Gasteiger partial charge on any atom is -0.369 e. The van der Waals surface area contributed by atoms with Crippen molar-refractivity contribution >= 4 is 38.0 Å². The first-order chi connectivity index (χ1) is 9.69. The summed E-state index contributed by atoms with van der Waals surface area (Å²) in [6.07, 6.45) is 1.57. The number of hydrogen-bond donors (Lipinski definition) is 4. The number of fused-ring (bicyclic) bond motifs is 1. The Labute approximate surface area is 125 Å². The fraction of sp³-hybridized carbons (Fsp3) is 0.400. The van der Waals surface area contributed by atoms with Gasteiger partial charge in [0.1, 0.15) is 0 Å². The van der Waals surface area contributed by atoms with Crippen LogP contribution in [-0.2, 0) is 14.8 Å². The van der Waals surface area contributed by atoms with Crippen molar-refractivity contribution in [2.24, 2.45) is 17.0 Å². The minimum absolute atomic E-state index is 0.0335. The third-order valence-corrected chi connectivity index (χ3v) is 5.16. The lowest BCUT2D eigenvalue weighted by Gasteiger charge is -2.20. The number of amides is 1. The summed E-state index contributed by atoms with van der Waals surface area (Å²) in [6.45, 7) is 2.97. The van der Waals surface area contributed by atoms with Crippen LogP contribution in [0.3, 0.4) is 0 Å². The highest BCUT2D eigenvalue weighted by Crippen LogP contribution is 2.25. The van der Waals surface area contributed by atoms with Crippen molar-refractivity contribution in [3.8, 4) is 0 Å². The number of sulfonamides is 1. The molecule has 6 N–H and O–H groups in total. The van der Waals surface area contributed by atoms with Gasteiger partial charge in [-0.1, -0.05) is 0 Å². The van der Waals surface area contributed by atoms with Crippen LogP contribution in [0.1, 0.15) is 13.8 Å². The Kier molecular flexibility index (Phi) is 3.93. The van der Waals surface area contributed by atoms with Gasteiger partial charge in [0.2, 0.25) is 10.9 Å². The molecule has 0 bridgehead atoms. The average molecular weight is 332 g/mol. The first kappa shape index (κ1) is 15.7. The van der Waals surface area contributed by atoms with Crippen molar-refractivity contribution < 1.29 is 13.2 Å². The predicted molar refractivity (Wildman–Crippen MR) is 79.0 cm³/mol. The molecule has 0 saturated heterocycles. The van der Waals surface area contributed by atoms with Gasteiger partial charge in [-0.25, -0.2) is 19.0 Å². The number of nitrogen functional groups attached to an aromatic ring is 1. The Morgan fingerprint density at radius 2 is 2.19 bits per heavy atom. The number of imidazole rings is 1. The van der Waals surface area contributed by atoms with Crippen LogP contribution < -0.4 is 21.7 Å². The number of aromatic nitrogens is 2.